The Balaban J connectivity index is 1.31. The van der Waals surface area contributed by atoms with Gasteiger partial charge in [0.1, 0.15) is 5.69 Å². The standard InChI is InChI=1S/C21H24N4O2S/c1-2-14-4-3-5-16-15(14)8-18(23-16)20(26)25-7-6-17-19(10-25)28-21(24-17)22-9-13-11-27-12-13/h3-5,8,13,23H,2,6-7,9-12H2,1H3,(H,22,24). The SMILES string of the molecule is CCc1cccc2[nH]c(C(=O)N3CCc4nc(NCC5COC5)sc4C3)cc12. The third-order valence-corrected chi connectivity index (χ3v) is 6.67. The quantitative estimate of drug-likeness (QED) is 0.693. The minimum Gasteiger partial charge on any atom is -0.381 e. The van der Waals surface area contributed by atoms with E-state index in [1.807, 2.05) is 23.1 Å². The fourth-order valence-electron chi connectivity index (χ4n) is 3.89. The monoisotopic (exact) mass is 396 g/mol. The van der Waals surface area contributed by atoms with E-state index in [9.17, 15) is 4.79 Å². The van der Waals surface area contributed by atoms with Crippen LogP contribution in [0.25, 0.3) is 10.9 Å². The summed E-state index contributed by atoms with van der Waals surface area (Å²) in [5.74, 6) is 0.660. The number of H-pyrrole nitrogens is 1. The molecule has 0 radical (unpaired) electrons. The lowest BCUT2D eigenvalue weighted by molar-refractivity contribution is -0.0248. The Morgan fingerprint density at radius 1 is 1.43 bits per heavy atom. The zero-order valence-electron chi connectivity index (χ0n) is 16.0. The second-order valence-electron chi connectivity index (χ2n) is 7.56. The maximum absolute atomic E-state index is 13.1. The number of hydrogen-bond donors (Lipinski definition) is 2. The van der Waals surface area contributed by atoms with E-state index < -0.39 is 0 Å². The number of aromatic nitrogens is 2. The number of aromatic amines is 1. The second kappa shape index (κ2) is 7.22. The largest absolute Gasteiger partial charge is 0.381 e. The van der Waals surface area contributed by atoms with E-state index in [1.54, 1.807) is 11.3 Å². The Labute approximate surface area is 167 Å². The van der Waals surface area contributed by atoms with E-state index in [2.05, 4.69) is 23.3 Å². The smallest absolute Gasteiger partial charge is 0.270 e. The van der Waals surface area contributed by atoms with Crippen LogP contribution in [-0.2, 0) is 24.1 Å². The van der Waals surface area contributed by atoms with Crippen molar-refractivity contribution in [2.45, 2.75) is 26.3 Å². The molecule has 2 aromatic heterocycles. The number of carbonyl (C=O) groups is 1. The van der Waals surface area contributed by atoms with E-state index in [0.717, 1.165) is 54.3 Å². The summed E-state index contributed by atoms with van der Waals surface area (Å²) in [5.41, 5.74) is 4.10. The average Bonchev–Trinajstić information content (AvgIpc) is 3.28. The lowest BCUT2D eigenvalue weighted by atomic mass is 10.1. The van der Waals surface area contributed by atoms with Crippen molar-refractivity contribution < 1.29 is 9.53 Å². The van der Waals surface area contributed by atoms with E-state index in [0.29, 0.717) is 24.7 Å². The lowest BCUT2D eigenvalue weighted by Gasteiger charge is -2.25. The lowest BCUT2D eigenvalue weighted by Crippen LogP contribution is -2.35. The van der Waals surface area contributed by atoms with Crippen molar-refractivity contribution in [3.8, 4) is 0 Å². The minimum absolute atomic E-state index is 0.0680. The summed E-state index contributed by atoms with van der Waals surface area (Å²) in [7, 11) is 0. The molecule has 7 heteroatoms. The third kappa shape index (κ3) is 3.18. The normalized spacial score (nSPS) is 16.8. The first-order valence-corrected chi connectivity index (χ1v) is 10.7. The number of ether oxygens (including phenoxy) is 1. The molecule has 146 valence electrons. The number of fused-ring (bicyclic) bond motifs is 2. The first kappa shape index (κ1) is 17.7. The van der Waals surface area contributed by atoms with Gasteiger partial charge in [0.05, 0.1) is 25.5 Å². The highest BCUT2D eigenvalue weighted by atomic mass is 32.1. The van der Waals surface area contributed by atoms with Gasteiger partial charge in [-0.3, -0.25) is 4.79 Å². The number of carbonyl (C=O) groups excluding carboxylic acids is 1. The molecule has 2 N–H and O–H groups in total. The highest BCUT2D eigenvalue weighted by Gasteiger charge is 2.26. The molecule has 6 nitrogen and oxygen atoms in total. The fourth-order valence-corrected chi connectivity index (χ4v) is 4.92. The Hall–Kier alpha value is -2.38. The van der Waals surface area contributed by atoms with Crippen LogP contribution in [0.15, 0.2) is 24.3 Å². The molecule has 0 unspecified atom stereocenters. The van der Waals surface area contributed by atoms with Crippen LogP contribution in [-0.4, -0.2) is 47.1 Å². The number of nitrogens with zero attached hydrogens (tertiary/aromatic N) is 2. The molecule has 5 rings (SSSR count). The summed E-state index contributed by atoms with van der Waals surface area (Å²) in [6.45, 7) is 6.07. The zero-order chi connectivity index (χ0) is 19.1. The summed E-state index contributed by atoms with van der Waals surface area (Å²) >= 11 is 1.67. The van der Waals surface area contributed by atoms with Crippen molar-refractivity contribution in [3.05, 3.63) is 46.1 Å². The van der Waals surface area contributed by atoms with E-state index in [-0.39, 0.29) is 5.91 Å². The Bertz CT molecular complexity index is 1020. The number of benzene rings is 1. The number of anilines is 1. The average molecular weight is 397 g/mol. The van der Waals surface area contributed by atoms with Crippen LogP contribution in [0.1, 0.15) is 33.5 Å². The van der Waals surface area contributed by atoms with Gasteiger partial charge in [-0.1, -0.05) is 30.4 Å². The highest BCUT2D eigenvalue weighted by Crippen LogP contribution is 2.30. The molecule has 0 spiro atoms. The summed E-state index contributed by atoms with van der Waals surface area (Å²) in [6, 6.07) is 8.21. The molecule has 1 saturated heterocycles. The molecular formula is C21H24N4O2S. The van der Waals surface area contributed by atoms with Gasteiger partial charge in [0, 0.05) is 41.2 Å². The van der Waals surface area contributed by atoms with Gasteiger partial charge < -0.3 is 19.9 Å². The van der Waals surface area contributed by atoms with Crippen molar-refractivity contribution >= 4 is 33.3 Å². The van der Waals surface area contributed by atoms with Gasteiger partial charge in [-0.2, -0.15) is 0 Å². The van der Waals surface area contributed by atoms with Gasteiger partial charge in [-0.15, -0.1) is 0 Å². The molecule has 1 aromatic carbocycles. The molecule has 0 bridgehead atoms. The van der Waals surface area contributed by atoms with Gasteiger partial charge in [-0.05, 0) is 24.1 Å². The first-order valence-electron chi connectivity index (χ1n) is 9.91. The van der Waals surface area contributed by atoms with E-state index in [1.165, 1.54) is 10.4 Å². The van der Waals surface area contributed by atoms with Crippen LogP contribution in [0.2, 0.25) is 0 Å². The number of hydrogen-bond acceptors (Lipinski definition) is 5. The van der Waals surface area contributed by atoms with Crippen LogP contribution < -0.4 is 5.32 Å². The van der Waals surface area contributed by atoms with Crippen LogP contribution in [0.5, 0.6) is 0 Å². The number of rotatable bonds is 5. The predicted octanol–water partition coefficient (Wildman–Crippen LogP) is 3.44. The summed E-state index contributed by atoms with van der Waals surface area (Å²) < 4.78 is 5.22. The van der Waals surface area contributed by atoms with Crippen molar-refractivity contribution in [1.29, 1.82) is 0 Å². The van der Waals surface area contributed by atoms with Crippen LogP contribution in [0.4, 0.5) is 5.13 Å². The minimum atomic E-state index is 0.0680. The maximum Gasteiger partial charge on any atom is 0.270 e. The van der Waals surface area contributed by atoms with Crippen molar-refractivity contribution in [2.24, 2.45) is 5.92 Å². The molecule has 1 fully saturated rings. The topological polar surface area (TPSA) is 70.2 Å². The predicted molar refractivity (Wildman–Crippen MR) is 111 cm³/mol. The summed E-state index contributed by atoms with van der Waals surface area (Å²) in [6.07, 6.45) is 1.77. The number of nitrogens with one attached hydrogen (secondary N) is 2. The van der Waals surface area contributed by atoms with Gasteiger partial charge in [0.2, 0.25) is 0 Å². The second-order valence-corrected chi connectivity index (χ2v) is 8.65. The molecule has 1 amide bonds. The number of amides is 1. The first-order chi connectivity index (χ1) is 13.7. The third-order valence-electron chi connectivity index (χ3n) is 5.63. The van der Waals surface area contributed by atoms with Gasteiger partial charge in [0.25, 0.3) is 5.91 Å². The highest BCUT2D eigenvalue weighted by molar-refractivity contribution is 7.15. The summed E-state index contributed by atoms with van der Waals surface area (Å²) in [5, 5.41) is 5.54. The molecule has 4 heterocycles. The van der Waals surface area contributed by atoms with Crippen LogP contribution in [0.3, 0.4) is 0 Å². The van der Waals surface area contributed by atoms with Gasteiger partial charge in [0.15, 0.2) is 5.13 Å². The molecule has 0 atom stereocenters. The van der Waals surface area contributed by atoms with E-state index in [4.69, 9.17) is 9.72 Å². The van der Waals surface area contributed by atoms with Gasteiger partial charge in [-0.25, -0.2) is 4.98 Å². The fraction of sp³-hybridized carbons (Fsp3) is 0.429. The van der Waals surface area contributed by atoms with Gasteiger partial charge >= 0.3 is 0 Å². The number of aryl methyl sites for hydroxylation is 1. The van der Waals surface area contributed by atoms with E-state index >= 15 is 0 Å². The Kier molecular flexibility index (Phi) is 4.56. The molecule has 0 saturated carbocycles. The maximum atomic E-state index is 13.1. The Morgan fingerprint density at radius 3 is 3.11 bits per heavy atom. The van der Waals surface area contributed by atoms with Crippen molar-refractivity contribution in [2.75, 3.05) is 31.6 Å². The molecule has 3 aromatic rings. The Morgan fingerprint density at radius 2 is 2.32 bits per heavy atom. The zero-order valence-corrected chi connectivity index (χ0v) is 16.8. The van der Waals surface area contributed by atoms with Crippen LogP contribution in [0, 0.1) is 5.92 Å². The molecular weight excluding hydrogens is 372 g/mol. The molecule has 2 aliphatic heterocycles. The summed E-state index contributed by atoms with van der Waals surface area (Å²) in [4.78, 5) is 24.3. The van der Waals surface area contributed by atoms with Crippen molar-refractivity contribution in [3.63, 3.8) is 0 Å². The van der Waals surface area contributed by atoms with Crippen LogP contribution >= 0.6 is 11.3 Å². The molecule has 0 aliphatic carbocycles. The molecule has 2 aliphatic rings. The molecule has 28 heavy (non-hydrogen) atoms. The number of thiazole rings is 1. The van der Waals surface area contributed by atoms with Crippen molar-refractivity contribution in [1.82, 2.24) is 14.9 Å².